The number of nitrogens with zero attached hydrogens (tertiary/aromatic N) is 2. The molecule has 5 nitrogen and oxygen atoms in total. The van der Waals surface area contributed by atoms with E-state index < -0.39 is 5.91 Å². The van der Waals surface area contributed by atoms with E-state index in [0.717, 1.165) is 0 Å². The van der Waals surface area contributed by atoms with E-state index in [0.29, 0.717) is 27.6 Å². The largest absolute Gasteiger partial charge is 0.438 e. The molecule has 0 aliphatic heterocycles. The molecule has 1 aromatic heterocycles. The van der Waals surface area contributed by atoms with Gasteiger partial charge in [0.2, 0.25) is 5.88 Å². The molecule has 92 valence electrons. The number of carbonyl (C=O) groups excluding carboxylic acids is 1. The summed E-state index contributed by atoms with van der Waals surface area (Å²) < 4.78 is 6.16. The van der Waals surface area contributed by atoms with Crippen LogP contribution in [0.25, 0.3) is 0 Å². The van der Waals surface area contributed by atoms with Gasteiger partial charge in [0.15, 0.2) is 0 Å². The van der Waals surface area contributed by atoms with Crippen molar-refractivity contribution in [3.8, 4) is 11.6 Å². The molecule has 1 aromatic carbocycles. The Morgan fingerprint density at radius 3 is 2.72 bits per heavy atom. The molecule has 2 rings (SSSR count). The maximum absolute atomic E-state index is 11.2. The molecule has 0 aliphatic carbocycles. The van der Waals surface area contributed by atoms with Gasteiger partial charge in [0.05, 0.1) is 5.56 Å². The first kappa shape index (κ1) is 12.5. The Kier molecular flexibility index (Phi) is 3.57. The summed E-state index contributed by atoms with van der Waals surface area (Å²) in [6.07, 6.45) is 0. The molecule has 0 spiro atoms. The summed E-state index contributed by atoms with van der Waals surface area (Å²) in [4.78, 5) is 19.4. The quantitative estimate of drug-likeness (QED) is 0.883. The Morgan fingerprint density at radius 2 is 2.06 bits per heavy atom. The van der Waals surface area contributed by atoms with Crippen LogP contribution in [0.2, 0.25) is 0 Å². The van der Waals surface area contributed by atoms with Crippen LogP contribution in [-0.2, 0) is 0 Å². The maximum Gasteiger partial charge on any atom is 0.252 e. The number of hydrogen-bond acceptors (Lipinski definition) is 4. The fourth-order valence-electron chi connectivity index (χ4n) is 1.43. The first-order valence-corrected chi connectivity index (χ1v) is 5.93. The summed E-state index contributed by atoms with van der Waals surface area (Å²) in [7, 11) is 0. The molecule has 2 aromatic rings. The van der Waals surface area contributed by atoms with E-state index >= 15 is 0 Å². The average Bonchev–Trinajstić information content (AvgIpc) is 2.27. The van der Waals surface area contributed by atoms with Crippen molar-refractivity contribution >= 4 is 21.8 Å². The number of rotatable bonds is 3. The molecule has 0 saturated heterocycles. The molecule has 0 radical (unpaired) electrons. The lowest BCUT2D eigenvalue weighted by atomic mass is 10.2. The van der Waals surface area contributed by atoms with Crippen molar-refractivity contribution in [2.75, 3.05) is 0 Å². The highest BCUT2D eigenvalue weighted by atomic mass is 79.9. The summed E-state index contributed by atoms with van der Waals surface area (Å²) in [5.41, 5.74) is 5.58. The number of aryl methyl sites for hydroxylation is 1. The zero-order valence-corrected chi connectivity index (χ0v) is 11.1. The summed E-state index contributed by atoms with van der Waals surface area (Å²) >= 11 is 3.25. The van der Waals surface area contributed by atoms with Crippen LogP contribution in [0.4, 0.5) is 0 Å². The van der Waals surface area contributed by atoms with Gasteiger partial charge in [-0.15, -0.1) is 0 Å². The molecule has 18 heavy (non-hydrogen) atoms. The number of halogens is 1. The van der Waals surface area contributed by atoms with Gasteiger partial charge in [0, 0.05) is 6.07 Å². The van der Waals surface area contributed by atoms with Crippen molar-refractivity contribution in [3.05, 3.63) is 46.3 Å². The first-order valence-electron chi connectivity index (χ1n) is 5.14. The van der Waals surface area contributed by atoms with Crippen molar-refractivity contribution in [1.29, 1.82) is 0 Å². The monoisotopic (exact) mass is 307 g/mol. The van der Waals surface area contributed by atoms with E-state index in [1.165, 1.54) is 0 Å². The minimum absolute atomic E-state index is 0.310. The lowest BCUT2D eigenvalue weighted by Gasteiger charge is -2.08. The molecule has 0 saturated carbocycles. The maximum atomic E-state index is 11.2. The second kappa shape index (κ2) is 5.14. The Balaban J connectivity index is 2.37. The number of para-hydroxylation sites is 1. The highest BCUT2D eigenvalue weighted by Crippen LogP contribution is 2.25. The predicted molar refractivity (Wildman–Crippen MR) is 69.5 cm³/mol. The number of primary amides is 1. The third-order valence-electron chi connectivity index (χ3n) is 2.15. The zero-order valence-electron chi connectivity index (χ0n) is 9.55. The molecule has 0 bridgehead atoms. The van der Waals surface area contributed by atoms with Crippen LogP contribution in [0.3, 0.4) is 0 Å². The summed E-state index contributed by atoms with van der Waals surface area (Å²) in [6, 6.07) is 8.34. The molecule has 0 atom stereocenters. The molecule has 0 unspecified atom stereocenters. The number of aromatic nitrogens is 2. The fraction of sp³-hybridized carbons (Fsp3) is 0.0833. The highest BCUT2D eigenvalue weighted by molar-refractivity contribution is 9.10. The molecule has 2 N–H and O–H groups in total. The van der Waals surface area contributed by atoms with Gasteiger partial charge in [-0.3, -0.25) is 4.79 Å². The molecular weight excluding hydrogens is 298 g/mol. The van der Waals surface area contributed by atoms with Crippen LogP contribution in [0.1, 0.15) is 16.2 Å². The van der Waals surface area contributed by atoms with Gasteiger partial charge < -0.3 is 10.5 Å². The number of amides is 1. The third kappa shape index (κ3) is 2.84. The van der Waals surface area contributed by atoms with Crippen LogP contribution >= 0.6 is 15.9 Å². The van der Waals surface area contributed by atoms with Crippen LogP contribution in [0, 0.1) is 6.92 Å². The smallest absolute Gasteiger partial charge is 0.252 e. The molecule has 1 amide bonds. The van der Waals surface area contributed by atoms with Crippen molar-refractivity contribution in [1.82, 2.24) is 9.97 Å². The Hall–Kier alpha value is -1.95. The fourth-order valence-corrected chi connectivity index (χ4v) is 1.88. The molecule has 0 fully saturated rings. The van der Waals surface area contributed by atoms with E-state index in [1.54, 1.807) is 37.3 Å². The topological polar surface area (TPSA) is 78.1 Å². The minimum atomic E-state index is -0.546. The summed E-state index contributed by atoms with van der Waals surface area (Å²) in [6.45, 7) is 1.75. The van der Waals surface area contributed by atoms with Crippen molar-refractivity contribution in [3.63, 3.8) is 0 Å². The number of ether oxygens (including phenoxy) is 1. The molecule has 1 heterocycles. The lowest BCUT2D eigenvalue weighted by Crippen LogP contribution is -2.12. The van der Waals surface area contributed by atoms with Crippen LogP contribution in [0.5, 0.6) is 11.6 Å². The van der Waals surface area contributed by atoms with E-state index in [-0.39, 0.29) is 0 Å². The van der Waals surface area contributed by atoms with Gasteiger partial charge in [-0.05, 0) is 35.0 Å². The van der Waals surface area contributed by atoms with E-state index in [2.05, 4.69) is 25.9 Å². The van der Waals surface area contributed by atoms with Gasteiger partial charge in [-0.25, -0.2) is 4.98 Å². The molecule has 6 heteroatoms. The average molecular weight is 308 g/mol. The van der Waals surface area contributed by atoms with E-state index in [1.807, 2.05) is 0 Å². The number of carbonyl (C=O) groups is 1. The first-order chi connectivity index (χ1) is 8.56. The van der Waals surface area contributed by atoms with Crippen molar-refractivity contribution < 1.29 is 9.53 Å². The number of benzene rings is 1. The second-order valence-corrected chi connectivity index (χ2v) is 4.35. The zero-order chi connectivity index (χ0) is 13.1. The highest BCUT2D eigenvalue weighted by Gasteiger charge is 2.10. The Labute approximate surface area is 112 Å². The minimum Gasteiger partial charge on any atom is -0.438 e. The molecule has 0 aliphatic rings. The standard InChI is InChI=1S/C12H10BrN3O2/c1-7-15-10(13)6-11(16-7)18-9-5-3-2-4-8(9)12(14)17/h2-6H,1H3,(H2,14,17). The number of hydrogen-bond donors (Lipinski definition) is 1. The second-order valence-electron chi connectivity index (χ2n) is 3.54. The third-order valence-corrected chi connectivity index (χ3v) is 2.56. The van der Waals surface area contributed by atoms with Gasteiger partial charge in [0.1, 0.15) is 16.2 Å². The number of nitrogens with two attached hydrogens (primary N) is 1. The van der Waals surface area contributed by atoms with E-state index in [9.17, 15) is 4.79 Å². The SMILES string of the molecule is Cc1nc(Br)cc(Oc2ccccc2C(N)=O)n1. The lowest BCUT2D eigenvalue weighted by molar-refractivity contribution is 0.0998. The summed E-state index contributed by atoms with van der Waals surface area (Å²) in [5.74, 6) is 0.740. The summed E-state index contributed by atoms with van der Waals surface area (Å²) in [5, 5.41) is 0. The van der Waals surface area contributed by atoms with Crippen LogP contribution in [-0.4, -0.2) is 15.9 Å². The van der Waals surface area contributed by atoms with E-state index in [4.69, 9.17) is 10.5 Å². The van der Waals surface area contributed by atoms with Crippen LogP contribution < -0.4 is 10.5 Å². The predicted octanol–water partition coefficient (Wildman–Crippen LogP) is 2.44. The molecular formula is C12H10BrN3O2. The Morgan fingerprint density at radius 1 is 1.33 bits per heavy atom. The van der Waals surface area contributed by atoms with Crippen LogP contribution in [0.15, 0.2) is 34.9 Å². The van der Waals surface area contributed by atoms with Gasteiger partial charge in [-0.1, -0.05) is 12.1 Å². The van der Waals surface area contributed by atoms with Gasteiger partial charge in [0.25, 0.3) is 5.91 Å². The van der Waals surface area contributed by atoms with Crippen molar-refractivity contribution in [2.45, 2.75) is 6.92 Å². The van der Waals surface area contributed by atoms with Gasteiger partial charge in [-0.2, -0.15) is 4.98 Å². The Bertz CT molecular complexity index is 581. The van der Waals surface area contributed by atoms with Gasteiger partial charge >= 0.3 is 0 Å². The normalized spacial score (nSPS) is 10.1. The van der Waals surface area contributed by atoms with Crippen molar-refractivity contribution in [2.24, 2.45) is 5.73 Å².